The molecule has 0 saturated heterocycles. The number of benzene rings is 1. The summed E-state index contributed by atoms with van der Waals surface area (Å²) in [7, 11) is 0. The van der Waals surface area contributed by atoms with Crippen LogP contribution in [-0.2, 0) is 0 Å². The molecule has 0 saturated carbocycles. The summed E-state index contributed by atoms with van der Waals surface area (Å²) in [5, 5.41) is 9.44. The van der Waals surface area contributed by atoms with Crippen LogP contribution in [0.25, 0.3) is 0 Å². The summed E-state index contributed by atoms with van der Waals surface area (Å²) in [5.41, 5.74) is 1.26. The van der Waals surface area contributed by atoms with Crippen LogP contribution in [0.3, 0.4) is 0 Å². The lowest BCUT2D eigenvalue weighted by molar-refractivity contribution is 0.101. The molecule has 0 heterocycles. The molecular formula is C11H12O3. The first-order valence-electron chi connectivity index (χ1n) is 4.29. The molecule has 1 aromatic rings. The van der Waals surface area contributed by atoms with Crippen LogP contribution in [0, 0.1) is 6.92 Å². The molecule has 0 atom stereocenters. The summed E-state index contributed by atoms with van der Waals surface area (Å²) in [6, 6.07) is 2.90. The van der Waals surface area contributed by atoms with Gasteiger partial charge >= 0.3 is 0 Å². The Labute approximate surface area is 82.4 Å². The Morgan fingerprint density at radius 1 is 1.14 bits per heavy atom. The Hall–Kier alpha value is -1.64. The first kappa shape index (κ1) is 10.4. The number of aromatic hydroxyl groups is 1. The van der Waals surface area contributed by atoms with Gasteiger partial charge in [0.1, 0.15) is 5.75 Å². The van der Waals surface area contributed by atoms with Crippen LogP contribution in [0.15, 0.2) is 12.1 Å². The highest BCUT2D eigenvalue weighted by Crippen LogP contribution is 2.24. The van der Waals surface area contributed by atoms with Crippen LogP contribution in [-0.4, -0.2) is 16.7 Å². The molecule has 74 valence electrons. The van der Waals surface area contributed by atoms with E-state index in [2.05, 4.69) is 0 Å². The van der Waals surface area contributed by atoms with Crippen molar-refractivity contribution in [3.05, 3.63) is 28.8 Å². The molecule has 0 aliphatic heterocycles. The van der Waals surface area contributed by atoms with Gasteiger partial charge < -0.3 is 5.11 Å². The van der Waals surface area contributed by atoms with Gasteiger partial charge in [0.15, 0.2) is 11.6 Å². The third-order valence-corrected chi connectivity index (χ3v) is 2.17. The first-order valence-corrected chi connectivity index (χ1v) is 4.29. The van der Waals surface area contributed by atoms with Gasteiger partial charge in [0.25, 0.3) is 0 Å². The minimum absolute atomic E-state index is 0.0694. The Balaban J connectivity index is 3.49. The number of phenolic OH excluding ortho intramolecular Hbond substituents is 1. The minimum Gasteiger partial charge on any atom is -0.507 e. The van der Waals surface area contributed by atoms with Crippen LogP contribution >= 0.6 is 0 Å². The van der Waals surface area contributed by atoms with Crippen LogP contribution in [0.1, 0.15) is 40.1 Å². The summed E-state index contributed by atoms with van der Waals surface area (Å²) in [4.78, 5) is 22.3. The lowest BCUT2D eigenvalue weighted by atomic mass is 9.97. The van der Waals surface area contributed by atoms with E-state index in [4.69, 9.17) is 0 Å². The second kappa shape index (κ2) is 3.62. The molecule has 0 aliphatic rings. The Bertz CT molecular complexity index is 405. The van der Waals surface area contributed by atoms with Crippen molar-refractivity contribution < 1.29 is 14.7 Å². The number of rotatable bonds is 2. The number of carbonyl (C=O) groups excluding carboxylic acids is 2. The zero-order valence-corrected chi connectivity index (χ0v) is 8.42. The highest BCUT2D eigenvalue weighted by molar-refractivity contribution is 6.03. The second-order valence-corrected chi connectivity index (χ2v) is 3.24. The molecule has 3 nitrogen and oxygen atoms in total. The highest BCUT2D eigenvalue weighted by atomic mass is 16.3. The summed E-state index contributed by atoms with van der Waals surface area (Å²) < 4.78 is 0. The number of hydrogen-bond donors (Lipinski definition) is 1. The van der Waals surface area contributed by atoms with Crippen molar-refractivity contribution in [2.24, 2.45) is 0 Å². The fourth-order valence-corrected chi connectivity index (χ4v) is 1.52. The molecule has 1 N–H and O–H groups in total. The van der Waals surface area contributed by atoms with Crippen molar-refractivity contribution in [1.82, 2.24) is 0 Å². The lowest BCUT2D eigenvalue weighted by Gasteiger charge is -2.08. The van der Waals surface area contributed by atoms with Gasteiger partial charge in [0, 0.05) is 5.56 Å². The first-order chi connectivity index (χ1) is 6.45. The van der Waals surface area contributed by atoms with Gasteiger partial charge in [-0.2, -0.15) is 0 Å². The number of carbonyl (C=O) groups is 2. The predicted octanol–water partition coefficient (Wildman–Crippen LogP) is 2.11. The van der Waals surface area contributed by atoms with Crippen molar-refractivity contribution in [3.63, 3.8) is 0 Å². The summed E-state index contributed by atoms with van der Waals surface area (Å²) in [6.45, 7) is 4.46. The van der Waals surface area contributed by atoms with E-state index < -0.39 is 0 Å². The number of phenols is 1. The Kier molecular flexibility index (Phi) is 2.70. The maximum Gasteiger partial charge on any atom is 0.163 e. The normalized spacial score (nSPS) is 9.93. The van der Waals surface area contributed by atoms with Gasteiger partial charge in [0.05, 0.1) is 5.56 Å². The molecule has 0 radical (unpaired) electrons. The molecule has 0 aromatic heterocycles. The molecular weight excluding hydrogens is 180 g/mol. The maximum atomic E-state index is 11.2. The number of ketones is 2. The highest BCUT2D eigenvalue weighted by Gasteiger charge is 2.14. The SMILES string of the molecule is CC(=O)c1ccc(O)c(C(C)=O)c1C. The van der Waals surface area contributed by atoms with Gasteiger partial charge in [-0.1, -0.05) is 0 Å². The topological polar surface area (TPSA) is 54.4 Å². The van der Waals surface area contributed by atoms with Crippen LogP contribution in [0.5, 0.6) is 5.75 Å². The van der Waals surface area contributed by atoms with E-state index in [0.717, 1.165) is 0 Å². The minimum atomic E-state index is -0.233. The van der Waals surface area contributed by atoms with E-state index in [1.165, 1.54) is 26.0 Å². The van der Waals surface area contributed by atoms with E-state index >= 15 is 0 Å². The Morgan fingerprint density at radius 3 is 2.14 bits per heavy atom. The summed E-state index contributed by atoms with van der Waals surface area (Å²) >= 11 is 0. The number of Topliss-reactive ketones (excluding diaryl/α,β-unsaturated/α-hetero) is 2. The van der Waals surface area contributed by atoms with Crippen LogP contribution in [0.4, 0.5) is 0 Å². The zero-order chi connectivity index (χ0) is 10.9. The molecule has 0 aliphatic carbocycles. The third kappa shape index (κ3) is 1.66. The monoisotopic (exact) mass is 192 g/mol. The molecule has 0 unspecified atom stereocenters. The van der Waals surface area contributed by atoms with E-state index in [9.17, 15) is 14.7 Å². The standard InChI is InChI=1S/C11H12O3/c1-6-9(7(2)12)4-5-10(14)11(6)8(3)13/h4-5,14H,1-3H3. The second-order valence-electron chi connectivity index (χ2n) is 3.24. The third-order valence-electron chi connectivity index (χ3n) is 2.17. The van der Waals surface area contributed by atoms with Crippen LogP contribution < -0.4 is 0 Å². The van der Waals surface area contributed by atoms with E-state index in [1.54, 1.807) is 6.92 Å². The van der Waals surface area contributed by atoms with Crippen molar-refractivity contribution in [2.75, 3.05) is 0 Å². The zero-order valence-electron chi connectivity index (χ0n) is 8.42. The van der Waals surface area contributed by atoms with Gasteiger partial charge in [0.2, 0.25) is 0 Å². The van der Waals surface area contributed by atoms with Crippen LogP contribution in [0.2, 0.25) is 0 Å². The molecule has 0 spiro atoms. The van der Waals surface area contributed by atoms with Crippen molar-refractivity contribution >= 4 is 11.6 Å². The summed E-state index contributed by atoms with van der Waals surface area (Å²) in [5.74, 6) is -0.409. The Morgan fingerprint density at radius 2 is 1.71 bits per heavy atom. The predicted molar refractivity (Wildman–Crippen MR) is 52.9 cm³/mol. The molecule has 0 bridgehead atoms. The molecule has 0 amide bonds. The average Bonchev–Trinajstić information content (AvgIpc) is 2.02. The van der Waals surface area contributed by atoms with Crippen molar-refractivity contribution in [2.45, 2.75) is 20.8 Å². The van der Waals surface area contributed by atoms with E-state index in [1.807, 2.05) is 0 Å². The van der Waals surface area contributed by atoms with Gasteiger partial charge in [-0.05, 0) is 38.5 Å². The molecule has 0 fully saturated rings. The van der Waals surface area contributed by atoms with Gasteiger partial charge in [-0.15, -0.1) is 0 Å². The van der Waals surface area contributed by atoms with E-state index in [-0.39, 0.29) is 22.9 Å². The quantitative estimate of drug-likeness (QED) is 0.730. The van der Waals surface area contributed by atoms with Crippen molar-refractivity contribution in [3.8, 4) is 5.75 Å². The van der Waals surface area contributed by atoms with Crippen molar-refractivity contribution in [1.29, 1.82) is 0 Å². The molecule has 14 heavy (non-hydrogen) atoms. The van der Waals surface area contributed by atoms with Gasteiger partial charge in [-0.3, -0.25) is 9.59 Å². The summed E-state index contributed by atoms with van der Waals surface area (Å²) in [6.07, 6.45) is 0. The fourth-order valence-electron chi connectivity index (χ4n) is 1.52. The fraction of sp³-hybridized carbons (Fsp3) is 0.273. The molecule has 1 aromatic carbocycles. The van der Waals surface area contributed by atoms with Gasteiger partial charge in [-0.25, -0.2) is 0 Å². The lowest BCUT2D eigenvalue weighted by Crippen LogP contribution is -2.03. The maximum absolute atomic E-state index is 11.2. The van der Waals surface area contributed by atoms with E-state index in [0.29, 0.717) is 11.1 Å². The smallest absolute Gasteiger partial charge is 0.163 e. The molecule has 3 heteroatoms. The largest absolute Gasteiger partial charge is 0.507 e. The number of hydrogen-bond acceptors (Lipinski definition) is 3. The average molecular weight is 192 g/mol. The molecule has 1 rings (SSSR count).